The van der Waals surface area contributed by atoms with Gasteiger partial charge in [-0.15, -0.1) is 0 Å². The molecule has 28 heavy (non-hydrogen) atoms. The van der Waals surface area contributed by atoms with Gasteiger partial charge in [0.15, 0.2) is 5.82 Å². The molecular weight excluding hydrogens is 358 g/mol. The second-order valence-corrected chi connectivity index (χ2v) is 8.53. The number of piperidine rings is 1. The molecule has 3 aliphatic rings. The summed E-state index contributed by atoms with van der Waals surface area (Å²) < 4.78 is 10.9. The van der Waals surface area contributed by atoms with Gasteiger partial charge >= 0.3 is 0 Å². The Balaban J connectivity index is 1.29. The van der Waals surface area contributed by atoms with Gasteiger partial charge in [-0.3, -0.25) is 9.89 Å². The van der Waals surface area contributed by atoms with Crippen LogP contribution < -0.4 is 0 Å². The Morgan fingerprint density at radius 2 is 2.04 bits per heavy atom. The third-order valence-electron chi connectivity index (χ3n) is 6.47. The van der Waals surface area contributed by atoms with E-state index in [4.69, 9.17) is 14.2 Å². The Kier molecular flexibility index (Phi) is 4.45. The molecule has 0 spiro atoms. The highest BCUT2D eigenvalue weighted by Gasteiger charge is 2.42. The molecule has 8 nitrogen and oxygen atoms in total. The van der Waals surface area contributed by atoms with Crippen molar-refractivity contribution >= 4 is 5.91 Å². The lowest BCUT2D eigenvalue weighted by atomic mass is 9.75. The fourth-order valence-electron chi connectivity index (χ4n) is 4.18. The quantitative estimate of drug-likeness (QED) is 0.787. The molecule has 1 aliphatic heterocycles. The van der Waals surface area contributed by atoms with Crippen LogP contribution in [0.25, 0.3) is 0 Å². The van der Waals surface area contributed by atoms with Crippen LogP contribution in [0.15, 0.2) is 10.6 Å². The van der Waals surface area contributed by atoms with Crippen molar-refractivity contribution in [3.63, 3.8) is 0 Å². The molecule has 0 bridgehead atoms. The lowest BCUT2D eigenvalue weighted by Gasteiger charge is -2.39. The average molecular weight is 385 g/mol. The van der Waals surface area contributed by atoms with E-state index in [1.807, 2.05) is 11.0 Å². The summed E-state index contributed by atoms with van der Waals surface area (Å²) in [4.78, 5) is 19.5. The second-order valence-electron chi connectivity index (χ2n) is 8.53. The zero-order valence-corrected chi connectivity index (χ0v) is 16.3. The van der Waals surface area contributed by atoms with Gasteiger partial charge in [0.25, 0.3) is 5.91 Å². The Labute approximate surface area is 164 Å². The van der Waals surface area contributed by atoms with Gasteiger partial charge in [-0.1, -0.05) is 5.16 Å². The molecule has 2 saturated carbocycles. The van der Waals surface area contributed by atoms with E-state index < -0.39 is 0 Å². The van der Waals surface area contributed by atoms with E-state index in [9.17, 15) is 4.79 Å². The lowest BCUT2D eigenvalue weighted by Crippen LogP contribution is -2.46. The Morgan fingerprint density at radius 3 is 2.71 bits per heavy atom. The summed E-state index contributed by atoms with van der Waals surface area (Å²) in [5.74, 6) is 2.58. The number of carbonyl (C=O) groups is 1. The van der Waals surface area contributed by atoms with Gasteiger partial charge < -0.3 is 14.2 Å². The van der Waals surface area contributed by atoms with Gasteiger partial charge in [0.05, 0.1) is 0 Å². The maximum atomic E-state index is 12.9. The molecule has 2 aliphatic carbocycles. The molecule has 2 aromatic heterocycles. The number of nitrogens with zero attached hydrogens (tertiary/aromatic N) is 4. The van der Waals surface area contributed by atoms with Crippen molar-refractivity contribution < 1.29 is 14.1 Å². The SMILES string of the molecule is COCCC1(c2noc(C3CC3)n2)CCN(C(=O)c2cc(C3CC3)[nH]n2)CC1. The van der Waals surface area contributed by atoms with Crippen LogP contribution in [0.5, 0.6) is 0 Å². The average Bonchev–Trinajstić information content (AvgIpc) is 3.66. The summed E-state index contributed by atoms with van der Waals surface area (Å²) >= 11 is 0. The number of aromatic amines is 1. The molecule has 1 saturated heterocycles. The van der Waals surface area contributed by atoms with E-state index in [2.05, 4.69) is 15.4 Å². The first kappa shape index (κ1) is 17.8. The van der Waals surface area contributed by atoms with Crippen molar-refractivity contribution in [2.24, 2.45) is 0 Å². The van der Waals surface area contributed by atoms with E-state index in [0.29, 0.717) is 37.2 Å². The molecule has 3 fully saturated rings. The summed E-state index contributed by atoms with van der Waals surface area (Å²) in [5, 5.41) is 11.6. The van der Waals surface area contributed by atoms with Crippen molar-refractivity contribution in [3.05, 3.63) is 29.2 Å². The molecule has 0 unspecified atom stereocenters. The third-order valence-corrected chi connectivity index (χ3v) is 6.47. The summed E-state index contributed by atoms with van der Waals surface area (Å²) in [5.41, 5.74) is 1.44. The van der Waals surface area contributed by atoms with Gasteiger partial charge in [0.1, 0.15) is 5.69 Å². The molecule has 150 valence electrons. The first-order chi connectivity index (χ1) is 13.7. The smallest absolute Gasteiger partial charge is 0.274 e. The normalized spacial score (nSPS) is 21.8. The van der Waals surface area contributed by atoms with Crippen LogP contribution in [0.2, 0.25) is 0 Å². The number of likely N-dealkylation sites (tertiary alicyclic amines) is 1. The monoisotopic (exact) mass is 385 g/mol. The highest BCUT2D eigenvalue weighted by Crippen LogP contribution is 2.42. The first-order valence-corrected chi connectivity index (χ1v) is 10.4. The summed E-state index contributed by atoms with van der Waals surface area (Å²) in [6.07, 6.45) is 7.12. The lowest BCUT2D eigenvalue weighted by molar-refractivity contribution is 0.0610. The number of carbonyl (C=O) groups excluding carboxylic acids is 1. The number of amides is 1. The number of rotatable bonds is 7. The highest BCUT2D eigenvalue weighted by molar-refractivity contribution is 5.92. The minimum absolute atomic E-state index is 0.00951. The number of hydrogen-bond acceptors (Lipinski definition) is 6. The van der Waals surface area contributed by atoms with Gasteiger partial charge in [0.2, 0.25) is 5.89 Å². The van der Waals surface area contributed by atoms with Crippen LogP contribution in [0.3, 0.4) is 0 Å². The zero-order chi connectivity index (χ0) is 19.1. The zero-order valence-electron chi connectivity index (χ0n) is 16.3. The predicted octanol–water partition coefficient (Wildman–Crippen LogP) is 2.76. The summed E-state index contributed by atoms with van der Waals surface area (Å²) in [7, 11) is 1.72. The van der Waals surface area contributed by atoms with Crippen molar-refractivity contribution in [1.29, 1.82) is 0 Å². The molecule has 1 amide bonds. The number of nitrogens with one attached hydrogen (secondary N) is 1. The molecule has 1 N–H and O–H groups in total. The molecule has 3 heterocycles. The number of ether oxygens (including phenoxy) is 1. The van der Waals surface area contributed by atoms with Crippen LogP contribution in [0.1, 0.15) is 84.7 Å². The maximum absolute atomic E-state index is 12.9. The molecule has 8 heteroatoms. The van der Waals surface area contributed by atoms with E-state index in [1.165, 1.54) is 12.8 Å². The molecule has 0 aromatic carbocycles. The fourth-order valence-corrected chi connectivity index (χ4v) is 4.18. The largest absolute Gasteiger partial charge is 0.385 e. The van der Waals surface area contributed by atoms with E-state index in [0.717, 1.165) is 49.5 Å². The van der Waals surface area contributed by atoms with Crippen LogP contribution >= 0.6 is 0 Å². The minimum atomic E-state index is -0.186. The van der Waals surface area contributed by atoms with Crippen molar-refractivity contribution in [1.82, 2.24) is 25.2 Å². The van der Waals surface area contributed by atoms with Crippen molar-refractivity contribution in [2.75, 3.05) is 26.8 Å². The van der Waals surface area contributed by atoms with E-state index in [-0.39, 0.29) is 11.3 Å². The molecular formula is C20H27N5O3. The van der Waals surface area contributed by atoms with Gasteiger partial charge in [-0.05, 0) is 51.0 Å². The third kappa shape index (κ3) is 3.34. The second kappa shape index (κ2) is 6.99. The van der Waals surface area contributed by atoms with E-state index in [1.54, 1.807) is 7.11 Å². The van der Waals surface area contributed by atoms with Crippen LogP contribution in [0.4, 0.5) is 0 Å². The number of methoxy groups -OCH3 is 1. The summed E-state index contributed by atoms with van der Waals surface area (Å²) in [6.45, 7) is 1.98. The molecule has 5 rings (SSSR count). The highest BCUT2D eigenvalue weighted by atomic mass is 16.5. The molecule has 0 atom stereocenters. The number of hydrogen-bond donors (Lipinski definition) is 1. The van der Waals surface area contributed by atoms with Crippen LogP contribution in [0, 0.1) is 0 Å². The number of H-pyrrole nitrogens is 1. The Hall–Kier alpha value is -2.22. The maximum Gasteiger partial charge on any atom is 0.274 e. The Bertz CT molecular complexity index is 844. The Morgan fingerprint density at radius 1 is 1.29 bits per heavy atom. The van der Waals surface area contributed by atoms with E-state index >= 15 is 0 Å². The van der Waals surface area contributed by atoms with Crippen molar-refractivity contribution in [2.45, 2.75) is 62.2 Å². The minimum Gasteiger partial charge on any atom is -0.385 e. The van der Waals surface area contributed by atoms with Crippen LogP contribution in [-0.4, -0.2) is 58.0 Å². The fraction of sp³-hybridized carbons (Fsp3) is 0.700. The molecule has 0 radical (unpaired) electrons. The predicted molar refractivity (Wildman–Crippen MR) is 100 cm³/mol. The van der Waals surface area contributed by atoms with Crippen LogP contribution in [-0.2, 0) is 10.2 Å². The van der Waals surface area contributed by atoms with Gasteiger partial charge in [0, 0.05) is 49.8 Å². The standard InChI is InChI=1S/C20H27N5O3/c1-27-11-8-20(19-21-17(28-24-19)14-4-5-14)6-9-25(10-7-20)18(26)16-12-15(22-23-16)13-2-3-13/h12-14H,2-11H2,1H3,(H,22,23). The van der Waals surface area contributed by atoms with Gasteiger partial charge in [-0.25, -0.2) is 0 Å². The molecule has 2 aromatic rings. The number of aromatic nitrogens is 4. The summed E-state index contributed by atoms with van der Waals surface area (Å²) in [6, 6.07) is 1.92. The topological polar surface area (TPSA) is 97.1 Å². The van der Waals surface area contributed by atoms with Gasteiger partial charge in [-0.2, -0.15) is 10.1 Å². The van der Waals surface area contributed by atoms with Crippen molar-refractivity contribution in [3.8, 4) is 0 Å². The first-order valence-electron chi connectivity index (χ1n) is 10.4.